The van der Waals surface area contributed by atoms with Gasteiger partial charge < -0.3 is 14.7 Å². The van der Waals surface area contributed by atoms with Crippen molar-refractivity contribution in [3.05, 3.63) is 29.8 Å². The zero-order valence-corrected chi connectivity index (χ0v) is 15.2. The minimum atomic E-state index is 0.00886. The Morgan fingerprint density at radius 3 is 2.29 bits per heavy atom. The average Bonchev–Trinajstić information content (AvgIpc) is 2.54. The van der Waals surface area contributed by atoms with Crippen LogP contribution >= 0.6 is 0 Å². The van der Waals surface area contributed by atoms with Gasteiger partial charge in [0.15, 0.2) is 0 Å². The molecule has 0 radical (unpaired) electrons. The molecule has 1 aromatic rings. The van der Waals surface area contributed by atoms with Gasteiger partial charge in [-0.2, -0.15) is 0 Å². The lowest BCUT2D eigenvalue weighted by atomic mass is 10.2. The summed E-state index contributed by atoms with van der Waals surface area (Å²) < 4.78 is 0. The molecule has 0 saturated carbocycles. The molecule has 0 bridgehead atoms. The number of piperazine rings is 1. The van der Waals surface area contributed by atoms with Gasteiger partial charge >= 0.3 is 0 Å². The van der Waals surface area contributed by atoms with Gasteiger partial charge in [-0.3, -0.25) is 14.5 Å². The monoisotopic (exact) mass is 332 g/mol. The molecular weight excluding hydrogens is 304 g/mol. The lowest BCUT2D eigenvalue weighted by Gasteiger charge is -2.36. The normalized spacial score (nSPS) is 14.9. The predicted molar refractivity (Wildman–Crippen MR) is 96.2 cm³/mol. The second-order valence-electron chi connectivity index (χ2n) is 6.67. The van der Waals surface area contributed by atoms with Gasteiger partial charge in [0.2, 0.25) is 11.8 Å². The number of carbonyl (C=O) groups excluding carboxylic acids is 2. The van der Waals surface area contributed by atoms with Crippen LogP contribution in [0.15, 0.2) is 24.3 Å². The number of rotatable bonds is 5. The van der Waals surface area contributed by atoms with Crippen LogP contribution in [0.25, 0.3) is 0 Å². The fourth-order valence-electron chi connectivity index (χ4n) is 2.80. The summed E-state index contributed by atoms with van der Waals surface area (Å²) >= 11 is 0. The van der Waals surface area contributed by atoms with Crippen LogP contribution in [0, 0.1) is 6.92 Å². The molecular formula is C18H28N4O2. The van der Waals surface area contributed by atoms with Gasteiger partial charge in [0, 0.05) is 46.0 Å². The molecule has 6 nitrogen and oxygen atoms in total. The number of anilines is 1. The van der Waals surface area contributed by atoms with Crippen molar-refractivity contribution in [2.45, 2.75) is 6.92 Å². The second kappa shape index (κ2) is 8.15. The van der Waals surface area contributed by atoms with Crippen molar-refractivity contribution in [1.29, 1.82) is 0 Å². The molecule has 0 unspecified atom stereocenters. The molecule has 1 aromatic carbocycles. The van der Waals surface area contributed by atoms with Crippen molar-refractivity contribution in [3.8, 4) is 0 Å². The number of carbonyl (C=O) groups is 2. The van der Waals surface area contributed by atoms with Crippen LogP contribution in [-0.2, 0) is 9.59 Å². The maximum Gasteiger partial charge on any atom is 0.236 e. The first-order valence-electron chi connectivity index (χ1n) is 8.35. The Morgan fingerprint density at radius 1 is 1.04 bits per heavy atom. The summed E-state index contributed by atoms with van der Waals surface area (Å²) in [6.07, 6.45) is 0. The van der Waals surface area contributed by atoms with E-state index in [0.29, 0.717) is 0 Å². The molecule has 0 atom stereocenters. The lowest BCUT2D eigenvalue weighted by Crippen LogP contribution is -2.51. The fraction of sp³-hybridized carbons (Fsp3) is 0.556. The van der Waals surface area contributed by atoms with Crippen LogP contribution in [0.2, 0.25) is 0 Å². The van der Waals surface area contributed by atoms with E-state index in [0.717, 1.165) is 26.2 Å². The molecule has 24 heavy (non-hydrogen) atoms. The number of hydrogen-bond donors (Lipinski definition) is 0. The van der Waals surface area contributed by atoms with Crippen LogP contribution < -0.4 is 4.90 Å². The van der Waals surface area contributed by atoms with Gasteiger partial charge in [-0.1, -0.05) is 12.1 Å². The van der Waals surface area contributed by atoms with Crippen molar-refractivity contribution in [1.82, 2.24) is 14.7 Å². The highest BCUT2D eigenvalue weighted by Crippen LogP contribution is 2.17. The van der Waals surface area contributed by atoms with E-state index in [1.165, 1.54) is 11.3 Å². The van der Waals surface area contributed by atoms with Crippen molar-refractivity contribution in [3.63, 3.8) is 0 Å². The van der Waals surface area contributed by atoms with Gasteiger partial charge in [0.25, 0.3) is 0 Å². The molecule has 1 aliphatic heterocycles. The van der Waals surface area contributed by atoms with E-state index >= 15 is 0 Å². The molecule has 0 aliphatic carbocycles. The highest BCUT2D eigenvalue weighted by Gasteiger charge is 2.22. The van der Waals surface area contributed by atoms with E-state index in [1.807, 2.05) is 11.9 Å². The zero-order valence-electron chi connectivity index (χ0n) is 15.2. The van der Waals surface area contributed by atoms with Crippen LogP contribution in [0.3, 0.4) is 0 Å². The molecule has 2 amide bonds. The third-order valence-electron chi connectivity index (χ3n) is 4.31. The number of aryl methyl sites for hydroxylation is 1. The Hall–Kier alpha value is -2.08. The molecule has 1 saturated heterocycles. The summed E-state index contributed by atoms with van der Waals surface area (Å²) in [6.45, 7) is 5.77. The standard InChI is InChI=1S/C18H28N4O2/c1-15-6-5-7-16(12-15)21-8-10-22(11-9-21)18(24)14-20(4)13-17(23)19(2)3/h5-7,12H,8-11,13-14H2,1-4H3. The number of hydrogen-bond acceptors (Lipinski definition) is 4. The van der Waals surface area contributed by atoms with E-state index in [9.17, 15) is 9.59 Å². The first kappa shape index (κ1) is 18.3. The van der Waals surface area contributed by atoms with E-state index in [2.05, 4.69) is 36.1 Å². The third-order valence-corrected chi connectivity index (χ3v) is 4.31. The van der Waals surface area contributed by atoms with Gasteiger partial charge in [-0.05, 0) is 31.7 Å². The van der Waals surface area contributed by atoms with E-state index in [4.69, 9.17) is 0 Å². The number of likely N-dealkylation sites (N-methyl/N-ethyl adjacent to an activating group) is 2. The van der Waals surface area contributed by atoms with Gasteiger partial charge in [0.1, 0.15) is 0 Å². The molecule has 1 heterocycles. The smallest absolute Gasteiger partial charge is 0.236 e. The molecule has 2 rings (SSSR count). The first-order valence-corrected chi connectivity index (χ1v) is 8.35. The molecule has 0 spiro atoms. The number of benzene rings is 1. The van der Waals surface area contributed by atoms with Crippen LogP contribution in [0.1, 0.15) is 5.56 Å². The van der Waals surface area contributed by atoms with E-state index in [1.54, 1.807) is 23.9 Å². The Labute approximate surface area is 144 Å². The highest BCUT2D eigenvalue weighted by atomic mass is 16.2. The number of nitrogens with zero attached hydrogens (tertiary/aromatic N) is 4. The quantitative estimate of drug-likeness (QED) is 0.795. The van der Waals surface area contributed by atoms with Crippen molar-refractivity contribution >= 4 is 17.5 Å². The minimum absolute atomic E-state index is 0.00886. The van der Waals surface area contributed by atoms with E-state index in [-0.39, 0.29) is 24.9 Å². The Kier molecular flexibility index (Phi) is 6.20. The summed E-state index contributed by atoms with van der Waals surface area (Å²) in [4.78, 5) is 31.6. The first-order chi connectivity index (χ1) is 11.4. The van der Waals surface area contributed by atoms with Crippen LogP contribution in [0.5, 0.6) is 0 Å². The Balaban J connectivity index is 1.81. The summed E-state index contributed by atoms with van der Waals surface area (Å²) in [6, 6.07) is 8.45. The lowest BCUT2D eigenvalue weighted by molar-refractivity contribution is -0.134. The Bertz CT molecular complexity index is 580. The predicted octanol–water partition coefficient (Wildman–Crippen LogP) is 0.664. The number of amides is 2. The largest absolute Gasteiger partial charge is 0.368 e. The van der Waals surface area contributed by atoms with Gasteiger partial charge in [0.05, 0.1) is 13.1 Å². The second-order valence-corrected chi connectivity index (χ2v) is 6.67. The molecule has 1 fully saturated rings. The summed E-state index contributed by atoms with van der Waals surface area (Å²) in [5.41, 5.74) is 2.47. The van der Waals surface area contributed by atoms with E-state index < -0.39 is 0 Å². The van der Waals surface area contributed by atoms with Gasteiger partial charge in [-0.25, -0.2) is 0 Å². The molecule has 6 heteroatoms. The van der Waals surface area contributed by atoms with Crippen molar-refractivity contribution in [2.24, 2.45) is 0 Å². The maximum atomic E-state index is 12.4. The fourth-order valence-corrected chi connectivity index (χ4v) is 2.80. The molecule has 1 aliphatic rings. The topological polar surface area (TPSA) is 47.1 Å². The van der Waals surface area contributed by atoms with Gasteiger partial charge in [-0.15, -0.1) is 0 Å². The van der Waals surface area contributed by atoms with Crippen LogP contribution in [-0.4, -0.2) is 86.9 Å². The third kappa shape index (κ3) is 4.96. The zero-order chi connectivity index (χ0) is 17.7. The van der Waals surface area contributed by atoms with Crippen LogP contribution in [0.4, 0.5) is 5.69 Å². The molecule has 0 N–H and O–H groups in total. The van der Waals surface area contributed by atoms with Crippen molar-refractivity contribution in [2.75, 3.05) is 65.3 Å². The summed E-state index contributed by atoms with van der Waals surface area (Å²) in [5.74, 6) is 0.0996. The molecule has 132 valence electrons. The van der Waals surface area contributed by atoms with Crippen molar-refractivity contribution < 1.29 is 9.59 Å². The Morgan fingerprint density at radius 2 is 1.71 bits per heavy atom. The molecule has 0 aromatic heterocycles. The summed E-state index contributed by atoms with van der Waals surface area (Å²) in [5, 5.41) is 0. The SMILES string of the molecule is Cc1cccc(N2CCN(C(=O)CN(C)CC(=O)N(C)C)CC2)c1. The highest BCUT2D eigenvalue weighted by molar-refractivity contribution is 5.81. The minimum Gasteiger partial charge on any atom is -0.368 e. The maximum absolute atomic E-state index is 12.4. The summed E-state index contributed by atoms with van der Waals surface area (Å²) in [7, 11) is 5.26. The average molecular weight is 332 g/mol.